The topological polar surface area (TPSA) is 56.0 Å². The third kappa shape index (κ3) is 2.97. The molecule has 0 unspecified atom stereocenters. The quantitative estimate of drug-likeness (QED) is 0.853. The van der Waals surface area contributed by atoms with Crippen molar-refractivity contribution in [3.63, 3.8) is 0 Å². The maximum absolute atomic E-state index is 8.93. The third-order valence-electron chi connectivity index (χ3n) is 3.83. The fourth-order valence-corrected chi connectivity index (χ4v) is 2.80. The molecule has 6 heteroatoms. The lowest BCUT2D eigenvalue weighted by atomic mass is 10.1. The number of benzene rings is 1. The Hall–Kier alpha value is -2.32. The fraction of sp³-hybridized carbons (Fsp3) is 0.312. The van der Waals surface area contributed by atoms with Gasteiger partial charge < -0.3 is 9.80 Å². The number of hydrogen-bond donors (Lipinski definition) is 0. The summed E-state index contributed by atoms with van der Waals surface area (Å²) in [5.41, 5.74) is 2.80. The maximum Gasteiger partial charge on any atom is 0.226 e. The summed E-state index contributed by atoms with van der Waals surface area (Å²) in [6, 6.07) is 9.65. The molecule has 2 heterocycles. The molecule has 0 radical (unpaired) electrons. The van der Waals surface area contributed by atoms with E-state index in [1.165, 1.54) is 11.3 Å². The van der Waals surface area contributed by atoms with Gasteiger partial charge in [0.05, 0.1) is 0 Å². The molecule has 3 rings (SSSR count). The van der Waals surface area contributed by atoms with Gasteiger partial charge in [-0.1, -0.05) is 17.7 Å². The Labute approximate surface area is 134 Å². The van der Waals surface area contributed by atoms with E-state index in [1.807, 2.05) is 18.2 Å². The molecule has 1 aromatic carbocycles. The minimum absolute atomic E-state index is 0.401. The predicted octanol–water partition coefficient (Wildman–Crippen LogP) is 2.64. The van der Waals surface area contributed by atoms with Crippen LogP contribution in [0.25, 0.3) is 0 Å². The molecule has 112 valence electrons. The summed E-state index contributed by atoms with van der Waals surface area (Å²) in [7, 11) is 0. The second-order valence-corrected chi connectivity index (χ2v) is 5.70. The molecule has 0 atom stereocenters. The molecule has 1 aliphatic rings. The van der Waals surface area contributed by atoms with Crippen LogP contribution in [0.3, 0.4) is 0 Å². The van der Waals surface area contributed by atoms with Gasteiger partial charge in [-0.15, -0.1) is 0 Å². The summed E-state index contributed by atoms with van der Waals surface area (Å²) in [6.07, 6.45) is 1.63. The summed E-state index contributed by atoms with van der Waals surface area (Å²) < 4.78 is 0. The zero-order chi connectivity index (χ0) is 15.5. The summed E-state index contributed by atoms with van der Waals surface area (Å²) in [5, 5.41) is 9.69. The van der Waals surface area contributed by atoms with Crippen LogP contribution in [0.5, 0.6) is 0 Å². The van der Waals surface area contributed by atoms with Crippen molar-refractivity contribution in [1.82, 2.24) is 9.97 Å². The largest absolute Gasteiger partial charge is 0.368 e. The van der Waals surface area contributed by atoms with E-state index in [0.29, 0.717) is 11.6 Å². The normalized spacial score (nSPS) is 14.8. The minimum atomic E-state index is 0.401. The molecule has 1 aromatic heterocycles. The molecule has 0 spiro atoms. The highest BCUT2D eigenvalue weighted by Gasteiger charge is 2.20. The molecule has 0 N–H and O–H groups in total. The van der Waals surface area contributed by atoms with Crippen molar-refractivity contribution in [1.29, 1.82) is 5.26 Å². The van der Waals surface area contributed by atoms with Crippen LogP contribution in [-0.4, -0.2) is 36.1 Å². The number of nitriles is 1. The highest BCUT2D eigenvalue weighted by atomic mass is 35.5. The molecule has 1 fully saturated rings. The van der Waals surface area contributed by atoms with E-state index in [-0.39, 0.29) is 0 Å². The van der Waals surface area contributed by atoms with Gasteiger partial charge in [0.25, 0.3) is 0 Å². The predicted molar refractivity (Wildman–Crippen MR) is 87.4 cm³/mol. The van der Waals surface area contributed by atoms with Crippen molar-refractivity contribution in [2.45, 2.75) is 6.92 Å². The van der Waals surface area contributed by atoms with Crippen LogP contribution in [0, 0.1) is 18.3 Å². The lowest BCUT2D eigenvalue weighted by Gasteiger charge is -2.36. The lowest BCUT2D eigenvalue weighted by Crippen LogP contribution is -2.47. The smallest absolute Gasteiger partial charge is 0.226 e. The van der Waals surface area contributed by atoms with Crippen LogP contribution < -0.4 is 9.80 Å². The van der Waals surface area contributed by atoms with Crippen LogP contribution in [-0.2, 0) is 0 Å². The van der Waals surface area contributed by atoms with Crippen LogP contribution in [0.1, 0.15) is 11.3 Å². The van der Waals surface area contributed by atoms with Gasteiger partial charge in [0.2, 0.25) is 5.95 Å². The molecule has 22 heavy (non-hydrogen) atoms. The van der Waals surface area contributed by atoms with Gasteiger partial charge in [-0.2, -0.15) is 5.26 Å². The van der Waals surface area contributed by atoms with Gasteiger partial charge >= 0.3 is 0 Å². The van der Waals surface area contributed by atoms with Crippen molar-refractivity contribution in [3.05, 3.63) is 46.7 Å². The molecule has 1 saturated heterocycles. The van der Waals surface area contributed by atoms with Gasteiger partial charge in [-0.05, 0) is 30.7 Å². The highest BCUT2D eigenvalue weighted by Crippen LogP contribution is 2.25. The molecule has 1 aliphatic heterocycles. The van der Waals surface area contributed by atoms with Crippen molar-refractivity contribution in [3.8, 4) is 6.07 Å². The number of aromatic nitrogens is 2. The summed E-state index contributed by atoms with van der Waals surface area (Å²) in [4.78, 5) is 13.0. The Bertz CT molecular complexity index is 717. The molecule has 0 aliphatic carbocycles. The van der Waals surface area contributed by atoms with E-state index in [9.17, 15) is 0 Å². The van der Waals surface area contributed by atoms with Crippen LogP contribution in [0.15, 0.2) is 30.5 Å². The van der Waals surface area contributed by atoms with E-state index in [4.69, 9.17) is 16.9 Å². The minimum Gasteiger partial charge on any atom is -0.368 e. The first-order valence-corrected chi connectivity index (χ1v) is 7.54. The maximum atomic E-state index is 8.93. The molecule has 0 bridgehead atoms. The zero-order valence-corrected chi connectivity index (χ0v) is 13.1. The summed E-state index contributed by atoms with van der Waals surface area (Å²) >= 11 is 6.11. The van der Waals surface area contributed by atoms with E-state index in [0.717, 1.165) is 31.2 Å². The van der Waals surface area contributed by atoms with E-state index in [1.54, 1.807) is 12.3 Å². The van der Waals surface area contributed by atoms with Crippen molar-refractivity contribution in [2.75, 3.05) is 36.0 Å². The average molecular weight is 314 g/mol. The first kappa shape index (κ1) is 14.6. The lowest BCUT2D eigenvalue weighted by molar-refractivity contribution is 0.638. The zero-order valence-electron chi connectivity index (χ0n) is 12.3. The SMILES string of the molecule is Cc1ccc(Cl)cc1N1CCN(c2nccc(C#N)n2)CC1. The Balaban J connectivity index is 1.72. The second kappa shape index (κ2) is 6.20. The molecule has 0 amide bonds. The van der Waals surface area contributed by atoms with Gasteiger partial charge in [0, 0.05) is 43.1 Å². The van der Waals surface area contributed by atoms with Crippen LogP contribution >= 0.6 is 11.6 Å². The van der Waals surface area contributed by atoms with Crippen molar-refractivity contribution >= 4 is 23.2 Å². The van der Waals surface area contributed by atoms with Crippen molar-refractivity contribution < 1.29 is 0 Å². The third-order valence-corrected chi connectivity index (χ3v) is 4.07. The van der Waals surface area contributed by atoms with Crippen molar-refractivity contribution in [2.24, 2.45) is 0 Å². The second-order valence-electron chi connectivity index (χ2n) is 5.26. The first-order chi connectivity index (χ1) is 10.7. The Morgan fingerprint density at radius 2 is 1.86 bits per heavy atom. The monoisotopic (exact) mass is 313 g/mol. The molecular weight excluding hydrogens is 298 g/mol. The van der Waals surface area contributed by atoms with E-state index in [2.05, 4.69) is 32.8 Å². The number of nitrogens with zero attached hydrogens (tertiary/aromatic N) is 5. The number of hydrogen-bond acceptors (Lipinski definition) is 5. The Morgan fingerprint density at radius 3 is 2.59 bits per heavy atom. The molecule has 5 nitrogen and oxygen atoms in total. The van der Waals surface area contributed by atoms with Gasteiger partial charge in [0.15, 0.2) is 0 Å². The highest BCUT2D eigenvalue weighted by molar-refractivity contribution is 6.30. The Kier molecular flexibility index (Phi) is 4.12. The number of piperazine rings is 1. The number of halogens is 1. The Morgan fingerprint density at radius 1 is 1.14 bits per heavy atom. The fourth-order valence-electron chi connectivity index (χ4n) is 2.63. The summed E-state index contributed by atoms with van der Waals surface area (Å²) in [5.74, 6) is 0.626. The number of anilines is 2. The van der Waals surface area contributed by atoms with E-state index >= 15 is 0 Å². The standard InChI is InChI=1S/C16H16ClN5/c1-12-2-3-13(17)10-15(12)21-6-8-22(9-7-21)16-19-5-4-14(11-18)20-16/h2-5,10H,6-9H2,1H3. The first-order valence-electron chi connectivity index (χ1n) is 7.16. The number of aryl methyl sites for hydroxylation is 1. The van der Waals surface area contributed by atoms with E-state index < -0.39 is 0 Å². The average Bonchev–Trinajstić information content (AvgIpc) is 2.57. The van der Waals surface area contributed by atoms with Crippen LogP contribution in [0.4, 0.5) is 11.6 Å². The van der Waals surface area contributed by atoms with Gasteiger partial charge in [-0.25, -0.2) is 9.97 Å². The summed E-state index contributed by atoms with van der Waals surface area (Å²) in [6.45, 7) is 5.49. The molecule has 0 saturated carbocycles. The molecular formula is C16H16ClN5. The van der Waals surface area contributed by atoms with Gasteiger partial charge in [0.1, 0.15) is 11.8 Å². The molecule has 2 aromatic rings. The number of rotatable bonds is 2. The van der Waals surface area contributed by atoms with Crippen LogP contribution in [0.2, 0.25) is 5.02 Å². The van der Waals surface area contributed by atoms with Gasteiger partial charge in [-0.3, -0.25) is 0 Å².